The molecule has 32 heavy (non-hydrogen) atoms. The number of nitrogens with zero attached hydrogens (tertiary/aromatic N) is 1. The van der Waals surface area contributed by atoms with Gasteiger partial charge in [0.15, 0.2) is 0 Å². The van der Waals surface area contributed by atoms with Crippen LogP contribution in [0.2, 0.25) is 0 Å². The van der Waals surface area contributed by atoms with Crippen LogP contribution in [0, 0.1) is 0 Å². The highest BCUT2D eigenvalue weighted by Crippen LogP contribution is 2.29. The number of fused-ring (bicyclic) bond motifs is 2. The Labute approximate surface area is 189 Å². The fourth-order valence-corrected chi connectivity index (χ4v) is 4.20. The Hall–Kier alpha value is -3.27. The monoisotopic (exact) mass is 429 g/mol. The smallest absolute Gasteiger partial charge is 0.258 e. The quantitative estimate of drug-likeness (QED) is 0.309. The van der Waals surface area contributed by atoms with E-state index in [4.69, 9.17) is 4.42 Å². The molecular weight excluding hydrogens is 398 g/mol. The number of rotatable bonds is 9. The molecular formula is C28H31NO3. The van der Waals surface area contributed by atoms with Crippen LogP contribution in [-0.2, 0) is 13.0 Å². The van der Waals surface area contributed by atoms with Gasteiger partial charge in [-0.2, -0.15) is 0 Å². The van der Waals surface area contributed by atoms with E-state index in [2.05, 4.69) is 19.9 Å². The number of aryl methyl sites for hydroxylation is 1. The molecule has 0 unspecified atom stereocenters. The van der Waals surface area contributed by atoms with E-state index in [0.29, 0.717) is 13.1 Å². The summed E-state index contributed by atoms with van der Waals surface area (Å²) in [6.45, 7) is 5.54. The summed E-state index contributed by atoms with van der Waals surface area (Å²) < 4.78 is 6.12. The van der Waals surface area contributed by atoms with Gasteiger partial charge in [0.1, 0.15) is 17.1 Å². The second-order valence-electron chi connectivity index (χ2n) is 8.45. The van der Waals surface area contributed by atoms with E-state index < -0.39 is 0 Å². The molecule has 4 heteroatoms. The lowest BCUT2D eigenvalue weighted by Crippen LogP contribution is -2.32. The molecule has 3 aromatic carbocycles. The predicted octanol–water partition coefficient (Wildman–Crippen LogP) is 7.08. The van der Waals surface area contributed by atoms with Gasteiger partial charge in [-0.1, -0.05) is 63.1 Å². The van der Waals surface area contributed by atoms with Crippen LogP contribution in [0.25, 0.3) is 21.7 Å². The molecule has 4 nitrogen and oxygen atoms in total. The van der Waals surface area contributed by atoms with Gasteiger partial charge in [0.05, 0.1) is 5.56 Å². The molecule has 1 aromatic heterocycles. The Morgan fingerprint density at radius 2 is 1.69 bits per heavy atom. The molecule has 0 bridgehead atoms. The number of aromatic hydroxyl groups is 1. The maximum Gasteiger partial charge on any atom is 0.258 e. The van der Waals surface area contributed by atoms with Crippen molar-refractivity contribution in [2.45, 2.75) is 52.5 Å². The number of carbonyl (C=O) groups is 1. The average molecular weight is 430 g/mol. The fraction of sp³-hybridized carbons (Fsp3) is 0.321. The molecule has 4 rings (SSSR count). The molecule has 0 saturated carbocycles. The third-order valence-corrected chi connectivity index (χ3v) is 5.97. The highest BCUT2D eigenvalue weighted by atomic mass is 16.3. The van der Waals surface area contributed by atoms with Crippen LogP contribution in [0.4, 0.5) is 0 Å². The zero-order valence-electron chi connectivity index (χ0n) is 18.9. The molecule has 0 saturated heterocycles. The summed E-state index contributed by atoms with van der Waals surface area (Å²) in [6.07, 6.45) is 4.79. The number of hydrogen-bond donors (Lipinski definition) is 1. The maximum atomic E-state index is 13.9. The van der Waals surface area contributed by atoms with Crippen LogP contribution in [0.3, 0.4) is 0 Å². The lowest BCUT2D eigenvalue weighted by molar-refractivity contribution is 0.0740. The standard InChI is InChI=1S/C28H31NO3/c1-3-5-10-26-27(24-9-7-8-11-25(24)32-26)28(31)29(16-6-4-2)19-20-12-13-22-18-23(30)15-14-21(22)17-20/h7-9,11-15,17-18,30H,3-6,10,16,19H2,1-2H3. The van der Waals surface area contributed by atoms with Crippen molar-refractivity contribution in [3.63, 3.8) is 0 Å². The highest BCUT2D eigenvalue weighted by molar-refractivity contribution is 6.07. The predicted molar refractivity (Wildman–Crippen MR) is 130 cm³/mol. The number of benzene rings is 3. The molecule has 166 valence electrons. The molecule has 0 fully saturated rings. The molecule has 1 N–H and O–H groups in total. The normalized spacial score (nSPS) is 11.3. The SMILES string of the molecule is CCCCc1oc2ccccc2c1C(=O)N(CCCC)Cc1ccc2cc(O)ccc2c1. The Bertz CT molecular complexity index is 1220. The van der Waals surface area contributed by atoms with Gasteiger partial charge < -0.3 is 14.4 Å². The number of furan rings is 1. The van der Waals surface area contributed by atoms with Crippen molar-refractivity contribution in [3.8, 4) is 5.75 Å². The molecule has 4 aromatic rings. The van der Waals surface area contributed by atoms with Crippen LogP contribution < -0.4 is 0 Å². The molecule has 0 atom stereocenters. The summed E-state index contributed by atoms with van der Waals surface area (Å²) in [5.41, 5.74) is 2.58. The lowest BCUT2D eigenvalue weighted by atomic mass is 10.0. The third kappa shape index (κ3) is 4.64. The first-order chi connectivity index (χ1) is 15.6. The summed E-state index contributed by atoms with van der Waals surface area (Å²) in [6, 6.07) is 19.4. The van der Waals surface area contributed by atoms with Crippen LogP contribution in [-0.4, -0.2) is 22.5 Å². The van der Waals surface area contributed by atoms with Crippen molar-refractivity contribution < 1.29 is 14.3 Å². The Morgan fingerprint density at radius 1 is 0.938 bits per heavy atom. The van der Waals surface area contributed by atoms with Crippen LogP contribution in [0.15, 0.2) is 65.1 Å². The molecule has 1 amide bonds. The number of phenolic OH excluding ortho intramolecular Hbond substituents is 1. The minimum Gasteiger partial charge on any atom is -0.508 e. The Kier molecular flexibility index (Phi) is 6.79. The minimum atomic E-state index is 0.0420. The second-order valence-corrected chi connectivity index (χ2v) is 8.45. The lowest BCUT2D eigenvalue weighted by Gasteiger charge is -2.23. The number of unbranched alkanes of at least 4 members (excludes halogenated alkanes) is 2. The molecule has 0 aliphatic rings. The zero-order chi connectivity index (χ0) is 22.5. The number of amides is 1. The molecule has 0 radical (unpaired) electrons. The van der Waals surface area contributed by atoms with Crippen molar-refractivity contribution in [2.24, 2.45) is 0 Å². The van der Waals surface area contributed by atoms with E-state index in [9.17, 15) is 9.90 Å². The molecule has 0 aliphatic carbocycles. The van der Waals surface area contributed by atoms with Crippen molar-refractivity contribution in [2.75, 3.05) is 6.54 Å². The average Bonchev–Trinajstić information content (AvgIpc) is 3.18. The van der Waals surface area contributed by atoms with Gasteiger partial charge in [0.2, 0.25) is 0 Å². The molecule has 0 aliphatic heterocycles. The first-order valence-electron chi connectivity index (χ1n) is 11.6. The maximum absolute atomic E-state index is 13.9. The molecule has 0 spiro atoms. The van der Waals surface area contributed by atoms with Crippen molar-refractivity contribution in [3.05, 3.63) is 77.6 Å². The first-order valence-corrected chi connectivity index (χ1v) is 11.6. The van der Waals surface area contributed by atoms with E-state index in [-0.39, 0.29) is 11.7 Å². The summed E-state index contributed by atoms with van der Waals surface area (Å²) in [7, 11) is 0. The van der Waals surface area contributed by atoms with Gasteiger partial charge in [-0.25, -0.2) is 0 Å². The second kappa shape index (κ2) is 9.90. The zero-order valence-corrected chi connectivity index (χ0v) is 18.9. The van der Waals surface area contributed by atoms with E-state index in [0.717, 1.165) is 70.7 Å². The number of hydrogen-bond acceptors (Lipinski definition) is 3. The van der Waals surface area contributed by atoms with E-state index in [1.165, 1.54) is 0 Å². The summed E-state index contributed by atoms with van der Waals surface area (Å²) in [5, 5.41) is 12.7. The molecule has 1 heterocycles. The van der Waals surface area contributed by atoms with Gasteiger partial charge in [0.25, 0.3) is 5.91 Å². The van der Waals surface area contributed by atoms with Gasteiger partial charge in [0, 0.05) is 24.9 Å². The van der Waals surface area contributed by atoms with Gasteiger partial charge in [-0.3, -0.25) is 4.79 Å². The summed E-state index contributed by atoms with van der Waals surface area (Å²) in [4.78, 5) is 15.8. The van der Waals surface area contributed by atoms with E-state index >= 15 is 0 Å². The van der Waals surface area contributed by atoms with E-state index in [1.807, 2.05) is 47.4 Å². The summed E-state index contributed by atoms with van der Waals surface area (Å²) >= 11 is 0. The van der Waals surface area contributed by atoms with Crippen molar-refractivity contribution in [1.29, 1.82) is 0 Å². The van der Waals surface area contributed by atoms with Crippen LogP contribution in [0.5, 0.6) is 5.75 Å². The fourth-order valence-electron chi connectivity index (χ4n) is 4.20. The third-order valence-electron chi connectivity index (χ3n) is 5.97. The number of carbonyl (C=O) groups excluding carboxylic acids is 1. The topological polar surface area (TPSA) is 53.7 Å². The largest absolute Gasteiger partial charge is 0.508 e. The minimum absolute atomic E-state index is 0.0420. The number of para-hydroxylation sites is 1. The first kappa shape index (κ1) is 21.9. The Morgan fingerprint density at radius 3 is 2.50 bits per heavy atom. The highest BCUT2D eigenvalue weighted by Gasteiger charge is 2.25. The van der Waals surface area contributed by atoms with Gasteiger partial charge in [-0.05, 0) is 53.4 Å². The number of phenols is 1. The van der Waals surface area contributed by atoms with Crippen LogP contribution in [0.1, 0.15) is 61.2 Å². The van der Waals surface area contributed by atoms with Crippen LogP contribution >= 0.6 is 0 Å². The summed E-state index contributed by atoms with van der Waals surface area (Å²) in [5.74, 6) is 1.10. The van der Waals surface area contributed by atoms with Crippen molar-refractivity contribution >= 4 is 27.6 Å². The Balaban J connectivity index is 1.69. The van der Waals surface area contributed by atoms with Gasteiger partial charge >= 0.3 is 0 Å². The van der Waals surface area contributed by atoms with Gasteiger partial charge in [-0.15, -0.1) is 0 Å². The van der Waals surface area contributed by atoms with Crippen molar-refractivity contribution in [1.82, 2.24) is 4.90 Å². The van der Waals surface area contributed by atoms with E-state index in [1.54, 1.807) is 12.1 Å².